The van der Waals surface area contributed by atoms with Crippen molar-refractivity contribution in [2.75, 3.05) is 0 Å². The van der Waals surface area contributed by atoms with Gasteiger partial charge < -0.3 is 5.11 Å². The highest BCUT2D eigenvalue weighted by molar-refractivity contribution is 6.02. The van der Waals surface area contributed by atoms with E-state index < -0.39 is 17.8 Å². The molecule has 12 heavy (non-hydrogen) atoms. The van der Waals surface area contributed by atoms with Crippen LogP contribution >= 0.6 is 0 Å². The molecule has 0 rings (SSSR count). The molecule has 6 nitrogen and oxygen atoms in total. The first-order valence-corrected chi connectivity index (χ1v) is 3.43. The molecule has 0 fully saturated rings. The van der Waals surface area contributed by atoms with Gasteiger partial charge in [-0.05, 0) is 12.0 Å². The Balaban J connectivity index is 4.40. The van der Waals surface area contributed by atoms with E-state index in [-0.39, 0.29) is 6.42 Å². The Kier molecular flexibility index (Phi) is 4.48. The third-order valence-corrected chi connectivity index (χ3v) is 1.20. The molecule has 0 bridgehead atoms. The summed E-state index contributed by atoms with van der Waals surface area (Å²) in [5.41, 5.74) is 7.95. The number of rotatable bonds is 5. The van der Waals surface area contributed by atoms with Crippen molar-refractivity contribution >= 4 is 11.8 Å². The quantitative estimate of drug-likeness (QED) is 0.290. The standard InChI is InChI=1S/C6H9N3O3/c1-2-3-4(10)5(6(11)12)8-9-7/h5H,2-3H2,1H3,(H,11,12). The molecule has 0 saturated heterocycles. The second kappa shape index (κ2) is 5.15. The molecule has 1 unspecified atom stereocenters. The fourth-order valence-corrected chi connectivity index (χ4v) is 0.686. The van der Waals surface area contributed by atoms with Gasteiger partial charge in [0, 0.05) is 11.3 Å². The van der Waals surface area contributed by atoms with Crippen LogP contribution in [0.5, 0.6) is 0 Å². The van der Waals surface area contributed by atoms with Gasteiger partial charge in [0.05, 0.1) is 0 Å². The van der Waals surface area contributed by atoms with Crippen LogP contribution in [0.25, 0.3) is 10.4 Å². The van der Waals surface area contributed by atoms with Gasteiger partial charge in [0.1, 0.15) is 0 Å². The second-order valence-corrected chi connectivity index (χ2v) is 2.16. The lowest BCUT2D eigenvalue weighted by Crippen LogP contribution is -2.27. The maximum Gasteiger partial charge on any atom is 0.320 e. The van der Waals surface area contributed by atoms with E-state index in [0.29, 0.717) is 6.42 Å². The molecule has 66 valence electrons. The Morgan fingerprint density at radius 2 is 2.25 bits per heavy atom. The predicted octanol–water partition coefficient (Wildman–Crippen LogP) is 1.12. The highest BCUT2D eigenvalue weighted by atomic mass is 16.4. The summed E-state index contributed by atoms with van der Waals surface area (Å²) < 4.78 is 0. The van der Waals surface area contributed by atoms with Gasteiger partial charge in [-0.25, -0.2) is 0 Å². The first kappa shape index (κ1) is 10.4. The van der Waals surface area contributed by atoms with Crippen molar-refractivity contribution in [3.63, 3.8) is 0 Å². The second-order valence-electron chi connectivity index (χ2n) is 2.16. The first-order chi connectivity index (χ1) is 5.63. The number of nitrogens with zero attached hydrogens (tertiary/aromatic N) is 3. The zero-order chi connectivity index (χ0) is 9.56. The van der Waals surface area contributed by atoms with Crippen LogP contribution in [0.15, 0.2) is 5.11 Å². The van der Waals surface area contributed by atoms with Crippen molar-refractivity contribution in [3.05, 3.63) is 10.4 Å². The van der Waals surface area contributed by atoms with Crippen molar-refractivity contribution in [1.29, 1.82) is 0 Å². The molecule has 0 aliphatic rings. The van der Waals surface area contributed by atoms with Gasteiger partial charge in [-0.2, -0.15) is 0 Å². The lowest BCUT2D eigenvalue weighted by Gasteiger charge is -2.01. The normalized spacial score (nSPS) is 11.4. The molecule has 0 aliphatic carbocycles. The van der Waals surface area contributed by atoms with Gasteiger partial charge in [-0.15, -0.1) is 0 Å². The Labute approximate surface area is 68.8 Å². The van der Waals surface area contributed by atoms with Crippen LogP contribution in [0, 0.1) is 0 Å². The van der Waals surface area contributed by atoms with E-state index in [2.05, 4.69) is 10.0 Å². The van der Waals surface area contributed by atoms with Gasteiger partial charge in [-0.1, -0.05) is 12.0 Å². The molecule has 0 heterocycles. The van der Waals surface area contributed by atoms with Crippen LogP contribution in [0.3, 0.4) is 0 Å². The molecule has 0 aromatic rings. The lowest BCUT2D eigenvalue weighted by molar-refractivity contribution is -0.142. The number of hydrogen-bond donors (Lipinski definition) is 1. The lowest BCUT2D eigenvalue weighted by atomic mass is 10.1. The summed E-state index contributed by atoms with van der Waals surface area (Å²) in [7, 11) is 0. The third-order valence-electron chi connectivity index (χ3n) is 1.20. The minimum atomic E-state index is -1.56. The number of aliphatic carboxylic acids is 1. The number of carbonyl (C=O) groups is 2. The number of hydrogen-bond acceptors (Lipinski definition) is 3. The summed E-state index contributed by atoms with van der Waals surface area (Å²) in [6.07, 6.45) is 0.666. The zero-order valence-electron chi connectivity index (χ0n) is 6.60. The number of carbonyl (C=O) groups excluding carboxylic acids is 1. The number of Topliss-reactive ketones (excluding diaryl/α,β-unsaturated/α-hetero) is 1. The largest absolute Gasteiger partial charge is 0.481 e. The summed E-state index contributed by atoms with van der Waals surface area (Å²) in [4.78, 5) is 23.5. The van der Waals surface area contributed by atoms with Gasteiger partial charge in [0.2, 0.25) is 0 Å². The highest BCUT2D eigenvalue weighted by Crippen LogP contribution is 2.00. The summed E-state index contributed by atoms with van der Waals surface area (Å²) in [5, 5.41) is 11.3. The minimum Gasteiger partial charge on any atom is -0.481 e. The fourth-order valence-electron chi connectivity index (χ4n) is 0.686. The van der Waals surface area contributed by atoms with Crippen molar-refractivity contribution in [1.82, 2.24) is 0 Å². The Morgan fingerprint density at radius 1 is 1.67 bits per heavy atom. The summed E-state index contributed by atoms with van der Waals surface area (Å²) in [5.74, 6) is -1.95. The van der Waals surface area contributed by atoms with Crippen LogP contribution in [0.2, 0.25) is 0 Å². The topological polar surface area (TPSA) is 103 Å². The van der Waals surface area contributed by atoms with Crippen LogP contribution in [-0.2, 0) is 9.59 Å². The third kappa shape index (κ3) is 3.03. The fraction of sp³-hybridized carbons (Fsp3) is 0.667. The summed E-state index contributed by atoms with van der Waals surface area (Å²) in [6, 6.07) is -1.56. The first-order valence-electron chi connectivity index (χ1n) is 3.43. The van der Waals surface area contributed by atoms with E-state index >= 15 is 0 Å². The monoisotopic (exact) mass is 171 g/mol. The Morgan fingerprint density at radius 3 is 2.58 bits per heavy atom. The molecule has 0 saturated carbocycles. The van der Waals surface area contributed by atoms with Gasteiger partial charge >= 0.3 is 5.97 Å². The number of ketones is 1. The van der Waals surface area contributed by atoms with E-state index in [9.17, 15) is 9.59 Å². The predicted molar refractivity (Wildman–Crippen MR) is 40.5 cm³/mol. The van der Waals surface area contributed by atoms with Crippen molar-refractivity contribution in [2.24, 2.45) is 5.11 Å². The Bertz CT molecular complexity index is 230. The van der Waals surface area contributed by atoms with E-state index in [0.717, 1.165) is 0 Å². The number of carboxylic acid groups (broad SMARTS) is 1. The van der Waals surface area contributed by atoms with Crippen molar-refractivity contribution in [2.45, 2.75) is 25.8 Å². The van der Waals surface area contributed by atoms with Gasteiger partial charge in [0.25, 0.3) is 0 Å². The van der Waals surface area contributed by atoms with Gasteiger partial charge in [-0.3, -0.25) is 9.59 Å². The van der Waals surface area contributed by atoms with E-state index in [1.54, 1.807) is 6.92 Å². The van der Waals surface area contributed by atoms with Crippen molar-refractivity contribution < 1.29 is 14.7 Å². The Hall–Kier alpha value is -1.55. The van der Waals surface area contributed by atoms with E-state index in [4.69, 9.17) is 10.6 Å². The average molecular weight is 171 g/mol. The summed E-state index contributed by atoms with van der Waals surface area (Å²) in [6.45, 7) is 1.74. The van der Waals surface area contributed by atoms with Gasteiger partial charge in [0.15, 0.2) is 11.8 Å². The minimum absolute atomic E-state index is 0.121. The molecule has 0 amide bonds. The smallest absolute Gasteiger partial charge is 0.320 e. The van der Waals surface area contributed by atoms with E-state index in [1.165, 1.54) is 0 Å². The number of carboxylic acids is 1. The SMILES string of the molecule is CCCC(=O)C(N=[N+]=[N-])C(=O)O. The average Bonchev–Trinajstić information content (AvgIpc) is 1.99. The number of azide groups is 1. The summed E-state index contributed by atoms with van der Waals surface area (Å²) >= 11 is 0. The van der Waals surface area contributed by atoms with E-state index in [1.807, 2.05) is 0 Å². The molecule has 0 spiro atoms. The molecule has 0 aliphatic heterocycles. The highest BCUT2D eigenvalue weighted by Gasteiger charge is 2.23. The molecular weight excluding hydrogens is 162 g/mol. The molecule has 6 heteroatoms. The van der Waals surface area contributed by atoms with Crippen LogP contribution in [0.4, 0.5) is 0 Å². The molecule has 0 radical (unpaired) electrons. The van der Waals surface area contributed by atoms with Crippen LogP contribution in [-0.4, -0.2) is 22.9 Å². The van der Waals surface area contributed by atoms with Crippen LogP contribution < -0.4 is 0 Å². The molecule has 0 aromatic heterocycles. The van der Waals surface area contributed by atoms with Crippen molar-refractivity contribution in [3.8, 4) is 0 Å². The molecule has 0 aromatic carbocycles. The molecular formula is C6H9N3O3. The van der Waals surface area contributed by atoms with Crippen LogP contribution in [0.1, 0.15) is 19.8 Å². The molecule has 1 atom stereocenters. The zero-order valence-corrected chi connectivity index (χ0v) is 6.60. The molecule has 1 N–H and O–H groups in total. The maximum absolute atomic E-state index is 10.9. The maximum atomic E-state index is 10.9.